The zero-order valence-corrected chi connectivity index (χ0v) is 11.4. The fourth-order valence-corrected chi connectivity index (χ4v) is 3.14. The lowest BCUT2D eigenvalue weighted by Crippen LogP contribution is -2.52. The van der Waals surface area contributed by atoms with Gasteiger partial charge in [-0.2, -0.15) is 0 Å². The monoisotopic (exact) mass is 280 g/mol. The first-order valence-electron chi connectivity index (χ1n) is 7.10. The summed E-state index contributed by atoms with van der Waals surface area (Å²) >= 11 is 0. The van der Waals surface area contributed by atoms with Crippen LogP contribution in [0, 0.1) is 0 Å². The summed E-state index contributed by atoms with van der Waals surface area (Å²) in [6, 6.07) is 2.10. The minimum absolute atomic E-state index is 0.218. The minimum atomic E-state index is -0.433. The number of nitrogens with one attached hydrogen (secondary N) is 1. The number of carbonyl (C=O) groups excluding carboxylic acids is 1. The van der Waals surface area contributed by atoms with Crippen molar-refractivity contribution in [2.45, 2.75) is 44.4 Å². The van der Waals surface area contributed by atoms with E-state index in [-0.39, 0.29) is 5.69 Å². The summed E-state index contributed by atoms with van der Waals surface area (Å²) < 4.78 is 11.1. The van der Waals surface area contributed by atoms with Crippen LogP contribution in [0.25, 0.3) is 0 Å². The fourth-order valence-electron chi connectivity index (χ4n) is 3.14. The summed E-state index contributed by atoms with van der Waals surface area (Å²) in [4.78, 5) is 13.7. The normalized spacial score (nSPS) is 27.1. The van der Waals surface area contributed by atoms with Crippen molar-refractivity contribution < 1.29 is 14.1 Å². The SMILES string of the molecule is NNC(=O)c1cc(CN2CCOC3CCCCC32)on1. The van der Waals surface area contributed by atoms with Crippen molar-refractivity contribution >= 4 is 5.91 Å². The number of rotatable bonds is 3. The van der Waals surface area contributed by atoms with E-state index in [0.29, 0.717) is 24.5 Å². The van der Waals surface area contributed by atoms with Gasteiger partial charge in [-0.25, -0.2) is 5.84 Å². The number of hydrogen-bond donors (Lipinski definition) is 2. The lowest BCUT2D eigenvalue weighted by atomic mass is 9.90. The van der Waals surface area contributed by atoms with Crippen molar-refractivity contribution in [1.29, 1.82) is 0 Å². The summed E-state index contributed by atoms with van der Waals surface area (Å²) in [6.07, 6.45) is 5.14. The van der Waals surface area contributed by atoms with E-state index in [4.69, 9.17) is 15.1 Å². The van der Waals surface area contributed by atoms with Gasteiger partial charge in [-0.3, -0.25) is 15.1 Å². The Hall–Kier alpha value is -1.44. The molecule has 1 saturated heterocycles. The first kappa shape index (κ1) is 13.5. The number of carbonyl (C=O) groups is 1. The second-order valence-corrected chi connectivity index (χ2v) is 5.38. The number of nitrogens with zero attached hydrogens (tertiary/aromatic N) is 2. The molecule has 0 radical (unpaired) electrons. The smallest absolute Gasteiger partial charge is 0.287 e. The average Bonchev–Trinajstić information content (AvgIpc) is 2.95. The van der Waals surface area contributed by atoms with Gasteiger partial charge in [0.2, 0.25) is 0 Å². The highest BCUT2D eigenvalue weighted by Crippen LogP contribution is 2.29. The molecule has 1 aromatic heterocycles. The van der Waals surface area contributed by atoms with E-state index in [1.807, 2.05) is 5.43 Å². The van der Waals surface area contributed by atoms with E-state index in [9.17, 15) is 4.79 Å². The summed E-state index contributed by atoms with van der Waals surface area (Å²) in [7, 11) is 0. The fraction of sp³-hybridized carbons (Fsp3) is 0.692. The largest absolute Gasteiger partial charge is 0.375 e. The Bertz CT molecular complexity index is 474. The van der Waals surface area contributed by atoms with Gasteiger partial charge in [0.25, 0.3) is 5.91 Å². The molecule has 2 heterocycles. The van der Waals surface area contributed by atoms with E-state index >= 15 is 0 Å². The Balaban J connectivity index is 1.67. The molecular weight excluding hydrogens is 260 g/mol. The molecular formula is C13H20N4O3. The third-order valence-corrected chi connectivity index (χ3v) is 4.13. The molecule has 0 spiro atoms. The van der Waals surface area contributed by atoms with E-state index < -0.39 is 5.91 Å². The zero-order chi connectivity index (χ0) is 13.9. The van der Waals surface area contributed by atoms with Gasteiger partial charge in [-0.05, 0) is 12.8 Å². The van der Waals surface area contributed by atoms with Gasteiger partial charge in [0.05, 0.1) is 19.3 Å². The zero-order valence-electron chi connectivity index (χ0n) is 11.4. The highest BCUT2D eigenvalue weighted by molar-refractivity contribution is 5.91. The van der Waals surface area contributed by atoms with E-state index in [1.54, 1.807) is 6.07 Å². The average molecular weight is 280 g/mol. The van der Waals surface area contributed by atoms with Crippen LogP contribution in [0.5, 0.6) is 0 Å². The molecule has 2 aliphatic rings. The molecule has 1 aromatic rings. The van der Waals surface area contributed by atoms with Crippen molar-refractivity contribution in [2.24, 2.45) is 5.84 Å². The van der Waals surface area contributed by atoms with Gasteiger partial charge in [0, 0.05) is 18.7 Å². The van der Waals surface area contributed by atoms with Crippen molar-refractivity contribution in [3.63, 3.8) is 0 Å². The van der Waals surface area contributed by atoms with Crippen molar-refractivity contribution in [3.8, 4) is 0 Å². The second kappa shape index (κ2) is 5.90. The Morgan fingerprint density at radius 3 is 3.20 bits per heavy atom. The van der Waals surface area contributed by atoms with E-state index in [0.717, 1.165) is 26.0 Å². The van der Waals surface area contributed by atoms with Crippen LogP contribution in [-0.2, 0) is 11.3 Å². The molecule has 20 heavy (non-hydrogen) atoms. The second-order valence-electron chi connectivity index (χ2n) is 5.38. The molecule has 2 unspecified atom stereocenters. The number of amides is 1. The molecule has 3 N–H and O–H groups in total. The van der Waals surface area contributed by atoms with Gasteiger partial charge in [0.1, 0.15) is 0 Å². The molecule has 3 rings (SSSR count). The third-order valence-electron chi connectivity index (χ3n) is 4.13. The lowest BCUT2D eigenvalue weighted by Gasteiger charge is -2.43. The van der Waals surface area contributed by atoms with Gasteiger partial charge >= 0.3 is 0 Å². The molecule has 0 bridgehead atoms. The summed E-state index contributed by atoms with van der Waals surface area (Å²) in [6.45, 7) is 2.31. The summed E-state index contributed by atoms with van der Waals surface area (Å²) in [5, 5.41) is 3.73. The van der Waals surface area contributed by atoms with Crippen LogP contribution in [0.2, 0.25) is 0 Å². The van der Waals surface area contributed by atoms with Crippen LogP contribution in [0.1, 0.15) is 41.9 Å². The predicted molar refractivity (Wildman–Crippen MR) is 70.6 cm³/mol. The molecule has 1 aliphatic carbocycles. The number of nitrogen functional groups attached to an aromatic ring is 1. The lowest BCUT2D eigenvalue weighted by molar-refractivity contribution is -0.0929. The topological polar surface area (TPSA) is 93.6 Å². The van der Waals surface area contributed by atoms with Crippen LogP contribution < -0.4 is 11.3 Å². The van der Waals surface area contributed by atoms with Crippen LogP contribution in [0.3, 0.4) is 0 Å². The van der Waals surface area contributed by atoms with Crippen molar-refractivity contribution in [2.75, 3.05) is 13.2 Å². The number of ether oxygens (including phenoxy) is 1. The summed E-state index contributed by atoms with van der Waals surface area (Å²) in [5.74, 6) is 5.33. The Morgan fingerprint density at radius 2 is 2.35 bits per heavy atom. The van der Waals surface area contributed by atoms with E-state index in [1.165, 1.54) is 12.8 Å². The van der Waals surface area contributed by atoms with Crippen molar-refractivity contribution in [3.05, 3.63) is 17.5 Å². The first-order chi connectivity index (χ1) is 9.78. The van der Waals surface area contributed by atoms with Gasteiger partial charge in [-0.1, -0.05) is 18.0 Å². The molecule has 7 heteroatoms. The standard InChI is InChI=1S/C13H20N4O3/c14-15-13(18)10-7-9(20-16-10)8-17-5-6-19-12-4-2-1-3-11(12)17/h7,11-12H,1-6,8,14H2,(H,15,18). The number of nitrogens with two attached hydrogens (primary N) is 1. The Morgan fingerprint density at radius 1 is 1.50 bits per heavy atom. The molecule has 2 fully saturated rings. The number of hydrazine groups is 1. The van der Waals surface area contributed by atoms with Crippen LogP contribution in [-0.4, -0.2) is 41.3 Å². The molecule has 110 valence electrons. The number of hydrogen-bond acceptors (Lipinski definition) is 6. The first-order valence-corrected chi connectivity index (χ1v) is 7.10. The van der Waals surface area contributed by atoms with Crippen LogP contribution >= 0.6 is 0 Å². The number of morpholine rings is 1. The maximum atomic E-state index is 11.4. The molecule has 2 atom stereocenters. The summed E-state index contributed by atoms with van der Waals surface area (Å²) in [5.41, 5.74) is 2.27. The molecule has 1 amide bonds. The molecule has 1 saturated carbocycles. The quantitative estimate of drug-likeness (QED) is 0.473. The van der Waals surface area contributed by atoms with Crippen LogP contribution in [0.15, 0.2) is 10.6 Å². The van der Waals surface area contributed by atoms with Gasteiger partial charge < -0.3 is 9.26 Å². The van der Waals surface area contributed by atoms with Gasteiger partial charge in [-0.15, -0.1) is 0 Å². The highest BCUT2D eigenvalue weighted by Gasteiger charge is 2.34. The van der Waals surface area contributed by atoms with E-state index in [2.05, 4.69) is 10.1 Å². The molecule has 7 nitrogen and oxygen atoms in total. The Kier molecular flexibility index (Phi) is 4.00. The third kappa shape index (κ3) is 2.70. The minimum Gasteiger partial charge on any atom is -0.375 e. The maximum Gasteiger partial charge on any atom is 0.287 e. The molecule has 0 aromatic carbocycles. The van der Waals surface area contributed by atoms with Crippen LogP contribution in [0.4, 0.5) is 0 Å². The van der Waals surface area contributed by atoms with Gasteiger partial charge in [0.15, 0.2) is 11.5 Å². The predicted octanol–water partition coefficient (Wildman–Crippen LogP) is 0.421. The Labute approximate surface area is 117 Å². The highest BCUT2D eigenvalue weighted by atomic mass is 16.5. The number of aromatic nitrogens is 1. The molecule has 1 aliphatic heterocycles. The van der Waals surface area contributed by atoms with Crippen molar-refractivity contribution in [1.82, 2.24) is 15.5 Å². The number of fused-ring (bicyclic) bond motifs is 1. The maximum absolute atomic E-state index is 11.4.